The van der Waals surface area contributed by atoms with Crippen molar-refractivity contribution in [3.05, 3.63) is 54.1 Å². The molecule has 5 nitrogen and oxygen atoms in total. The van der Waals surface area contributed by atoms with Crippen molar-refractivity contribution < 1.29 is 14.7 Å². The summed E-state index contributed by atoms with van der Waals surface area (Å²) in [5.74, 6) is 0.354. The third kappa shape index (κ3) is 4.58. The molecule has 1 aliphatic rings. The molecule has 2 aromatic rings. The zero-order valence-electron chi connectivity index (χ0n) is 14.6. The molecule has 0 radical (unpaired) electrons. The van der Waals surface area contributed by atoms with Crippen LogP contribution in [0.2, 0.25) is 0 Å². The van der Waals surface area contributed by atoms with Crippen molar-refractivity contribution in [1.29, 1.82) is 0 Å². The summed E-state index contributed by atoms with van der Waals surface area (Å²) in [6.45, 7) is 2.96. The average Bonchev–Trinajstić information content (AvgIpc) is 3.02. The highest BCUT2D eigenvalue weighted by Gasteiger charge is 2.35. The fourth-order valence-electron chi connectivity index (χ4n) is 2.92. The Labute approximate surface area is 157 Å². The zero-order chi connectivity index (χ0) is 18.5. The van der Waals surface area contributed by atoms with E-state index in [9.17, 15) is 14.7 Å². The predicted molar refractivity (Wildman–Crippen MR) is 103 cm³/mol. The number of phenolic OH excluding ortho intramolecular Hbond substituents is 1. The highest BCUT2D eigenvalue weighted by molar-refractivity contribution is 7.99. The first-order valence-electron chi connectivity index (χ1n) is 8.59. The molecule has 1 atom stereocenters. The van der Waals surface area contributed by atoms with E-state index in [-0.39, 0.29) is 29.9 Å². The van der Waals surface area contributed by atoms with Gasteiger partial charge in [-0.2, -0.15) is 0 Å². The van der Waals surface area contributed by atoms with Crippen LogP contribution in [0, 0.1) is 12.8 Å². The van der Waals surface area contributed by atoms with Crippen molar-refractivity contribution in [2.45, 2.75) is 18.2 Å². The lowest BCUT2D eigenvalue weighted by molar-refractivity contribution is -0.126. The molecule has 3 rings (SSSR count). The van der Waals surface area contributed by atoms with Crippen molar-refractivity contribution in [3.8, 4) is 5.75 Å². The first kappa shape index (κ1) is 18.3. The molecule has 0 bridgehead atoms. The lowest BCUT2D eigenvalue weighted by atomic mass is 10.1. The Kier molecular flexibility index (Phi) is 5.83. The normalized spacial score (nSPS) is 16.7. The van der Waals surface area contributed by atoms with E-state index >= 15 is 0 Å². The zero-order valence-corrected chi connectivity index (χ0v) is 15.5. The fourth-order valence-corrected chi connectivity index (χ4v) is 3.68. The monoisotopic (exact) mass is 370 g/mol. The third-order valence-electron chi connectivity index (χ3n) is 4.33. The van der Waals surface area contributed by atoms with Crippen LogP contribution >= 0.6 is 11.8 Å². The number of aryl methyl sites for hydroxylation is 1. The second-order valence-corrected chi connectivity index (χ2v) is 7.55. The third-order valence-corrected chi connectivity index (χ3v) is 5.34. The van der Waals surface area contributed by atoms with E-state index < -0.39 is 0 Å². The molecule has 1 fully saturated rings. The molecule has 0 aliphatic carbocycles. The summed E-state index contributed by atoms with van der Waals surface area (Å²) in [4.78, 5) is 27.3. The average molecular weight is 370 g/mol. The number of aromatic hydroxyl groups is 1. The van der Waals surface area contributed by atoms with Gasteiger partial charge in [0.15, 0.2) is 0 Å². The van der Waals surface area contributed by atoms with Gasteiger partial charge in [-0.1, -0.05) is 23.8 Å². The molecule has 136 valence electrons. The van der Waals surface area contributed by atoms with Crippen LogP contribution in [-0.4, -0.2) is 35.8 Å². The number of amides is 2. The summed E-state index contributed by atoms with van der Waals surface area (Å²) in [7, 11) is 0. The van der Waals surface area contributed by atoms with Gasteiger partial charge >= 0.3 is 0 Å². The van der Waals surface area contributed by atoms with Crippen molar-refractivity contribution in [1.82, 2.24) is 5.32 Å². The Morgan fingerprint density at radius 1 is 1.27 bits per heavy atom. The molecule has 2 amide bonds. The molecule has 1 aliphatic heterocycles. The number of carbonyl (C=O) groups is 2. The van der Waals surface area contributed by atoms with Gasteiger partial charge in [-0.15, -0.1) is 11.8 Å². The minimum Gasteiger partial charge on any atom is -0.508 e. The largest absolute Gasteiger partial charge is 0.508 e. The number of benzene rings is 2. The molecule has 0 aromatic heterocycles. The molecular formula is C20H22N2O3S. The quantitative estimate of drug-likeness (QED) is 0.606. The fraction of sp³-hybridized carbons (Fsp3) is 0.300. The molecule has 6 heteroatoms. The van der Waals surface area contributed by atoms with Crippen molar-refractivity contribution in [2.24, 2.45) is 5.92 Å². The molecule has 26 heavy (non-hydrogen) atoms. The van der Waals surface area contributed by atoms with Gasteiger partial charge in [0.05, 0.1) is 5.92 Å². The van der Waals surface area contributed by atoms with Crippen molar-refractivity contribution in [2.75, 3.05) is 23.7 Å². The highest BCUT2D eigenvalue weighted by atomic mass is 32.2. The number of thioether (sulfide) groups is 1. The lowest BCUT2D eigenvalue weighted by Crippen LogP contribution is -2.34. The maximum absolute atomic E-state index is 12.3. The first-order valence-corrected chi connectivity index (χ1v) is 9.58. The van der Waals surface area contributed by atoms with E-state index in [0.29, 0.717) is 18.8 Å². The molecule has 1 saturated heterocycles. The number of rotatable bonds is 6. The Bertz CT molecular complexity index is 792. The Hall–Kier alpha value is -2.47. The summed E-state index contributed by atoms with van der Waals surface area (Å²) < 4.78 is 0. The van der Waals surface area contributed by atoms with Gasteiger partial charge < -0.3 is 15.3 Å². The van der Waals surface area contributed by atoms with Crippen LogP contribution in [-0.2, 0) is 9.59 Å². The Balaban J connectivity index is 1.46. The maximum atomic E-state index is 12.3. The summed E-state index contributed by atoms with van der Waals surface area (Å²) in [5.41, 5.74) is 1.85. The molecule has 2 aromatic carbocycles. The van der Waals surface area contributed by atoms with E-state index in [1.165, 1.54) is 16.5 Å². The minimum atomic E-state index is -0.353. The van der Waals surface area contributed by atoms with Gasteiger partial charge in [0.1, 0.15) is 5.75 Å². The number of hydrogen-bond donors (Lipinski definition) is 2. The van der Waals surface area contributed by atoms with Crippen LogP contribution < -0.4 is 10.2 Å². The maximum Gasteiger partial charge on any atom is 0.227 e. The Morgan fingerprint density at radius 3 is 2.77 bits per heavy atom. The number of anilines is 1. The van der Waals surface area contributed by atoms with E-state index in [1.54, 1.807) is 34.9 Å². The van der Waals surface area contributed by atoms with Gasteiger partial charge in [-0.05, 0) is 31.2 Å². The molecule has 0 saturated carbocycles. The topological polar surface area (TPSA) is 69.6 Å². The summed E-state index contributed by atoms with van der Waals surface area (Å²) in [6, 6.07) is 14.8. The van der Waals surface area contributed by atoms with Gasteiger partial charge in [-0.3, -0.25) is 9.59 Å². The number of phenols is 1. The summed E-state index contributed by atoms with van der Waals surface area (Å²) in [5, 5.41) is 12.5. The molecule has 2 N–H and O–H groups in total. The lowest BCUT2D eigenvalue weighted by Gasteiger charge is -2.17. The van der Waals surface area contributed by atoms with Gasteiger partial charge in [0, 0.05) is 41.9 Å². The summed E-state index contributed by atoms with van der Waals surface area (Å²) in [6.07, 6.45) is 0.201. The van der Waals surface area contributed by atoms with Crippen LogP contribution in [0.1, 0.15) is 12.0 Å². The molecule has 1 heterocycles. The van der Waals surface area contributed by atoms with Gasteiger partial charge in [0.2, 0.25) is 11.8 Å². The standard InChI is InChI=1S/C20H22N2O3S/c1-14-5-7-18(8-6-14)26-10-9-21-20(25)15-11-19(24)22(13-15)16-3-2-4-17(23)12-16/h2-8,12,15,23H,9-11,13H2,1H3,(H,21,25)/t15-/m0/s1. The summed E-state index contributed by atoms with van der Waals surface area (Å²) >= 11 is 1.69. The van der Waals surface area contributed by atoms with Crippen LogP contribution in [0.3, 0.4) is 0 Å². The minimum absolute atomic E-state index is 0.0921. The van der Waals surface area contributed by atoms with Crippen LogP contribution in [0.4, 0.5) is 5.69 Å². The van der Waals surface area contributed by atoms with Gasteiger partial charge in [-0.25, -0.2) is 0 Å². The van der Waals surface area contributed by atoms with Crippen LogP contribution in [0.25, 0.3) is 0 Å². The van der Waals surface area contributed by atoms with Crippen LogP contribution in [0.15, 0.2) is 53.4 Å². The smallest absolute Gasteiger partial charge is 0.227 e. The number of nitrogens with zero attached hydrogens (tertiary/aromatic N) is 1. The number of carbonyl (C=O) groups excluding carboxylic acids is 2. The van der Waals surface area contributed by atoms with Gasteiger partial charge in [0.25, 0.3) is 0 Å². The SMILES string of the molecule is Cc1ccc(SCCNC(=O)[C@H]2CC(=O)N(c3cccc(O)c3)C2)cc1. The molecule has 0 unspecified atom stereocenters. The number of hydrogen-bond acceptors (Lipinski definition) is 4. The Morgan fingerprint density at radius 2 is 2.04 bits per heavy atom. The molecule has 0 spiro atoms. The van der Waals surface area contributed by atoms with Crippen molar-refractivity contribution >= 4 is 29.3 Å². The second kappa shape index (κ2) is 8.27. The van der Waals surface area contributed by atoms with E-state index in [1.807, 2.05) is 0 Å². The second-order valence-electron chi connectivity index (χ2n) is 6.38. The van der Waals surface area contributed by atoms with Crippen LogP contribution in [0.5, 0.6) is 5.75 Å². The first-order chi connectivity index (χ1) is 12.5. The van der Waals surface area contributed by atoms with E-state index in [2.05, 4.69) is 36.5 Å². The van der Waals surface area contributed by atoms with E-state index in [4.69, 9.17) is 0 Å². The van der Waals surface area contributed by atoms with E-state index in [0.717, 1.165) is 5.75 Å². The predicted octanol–water partition coefficient (Wildman–Crippen LogP) is 2.96. The van der Waals surface area contributed by atoms with Crippen molar-refractivity contribution in [3.63, 3.8) is 0 Å². The molecular weight excluding hydrogens is 348 g/mol. The highest BCUT2D eigenvalue weighted by Crippen LogP contribution is 2.27. The number of nitrogens with one attached hydrogen (secondary N) is 1.